The van der Waals surface area contributed by atoms with Crippen LogP contribution in [0, 0.1) is 0 Å². The minimum atomic E-state index is -1.05. The van der Waals surface area contributed by atoms with Crippen LogP contribution < -0.4 is 10.2 Å². The smallest absolute Gasteiger partial charge is 0.341 e. The zero-order valence-electron chi connectivity index (χ0n) is 13.6. The van der Waals surface area contributed by atoms with E-state index in [0.29, 0.717) is 17.0 Å². The highest BCUT2D eigenvalue weighted by Crippen LogP contribution is 2.17. The molecule has 0 atom stereocenters. The van der Waals surface area contributed by atoms with Crippen LogP contribution in [-0.4, -0.2) is 39.1 Å². The van der Waals surface area contributed by atoms with Gasteiger partial charge in [0.15, 0.2) is 6.61 Å². The van der Waals surface area contributed by atoms with Gasteiger partial charge in [-0.3, -0.25) is 0 Å². The maximum absolute atomic E-state index is 10.6. The molecule has 2 N–H and O–H groups in total. The van der Waals surface area contributed by atoms with Gasteiger partial charge in [0, 0.05) is 11.1 Å². The number of anilines is 1. The number of aromatic nitrogens is 3. The highest BCUT2D eigenvalue weighted by atomic mass is 16.5. The Hall–Kier alpha value is -3.81. The maximum atomic E-state index is 10.6. The van der Waals surface area contributed by atoms with Gasteiger partial charge in [0.05, 0.1) is 18.1 Å². The number of ether oxygens (including phenoxy) is 1. The van der Waals surface area contributed by atoms with Crippen molar-refractivity contribution in [3.8, 4) is 17.0 Å². The molecule has 0 saturated heterocycles. The lowest BCUT2D eigenvalue weighted by Crippen LogP contribution is -2.10. The summed E-state index contributed by atoms with van der Waals surface area (Å²) in [4.78, 5) is 15.0. The summed E-state index contributed by atoms with van der Waals surface area (Å²) in [5, 5.41) is 20.6. The fraction of sp³-hybridized carbons (Fsp3) is 0.0556. The summed E-state index contributed by atoms with van der Waals surface area (Å²) >= 11 is 0. The molecule has 26 heavy (non-hydrogen) atoms. The molecule has 0 radical (unpaired) electrons. The molecule has 0 aliphatic rings. The Morgan fingerprint density at radius 1 is 1.15 bits per heavy atom. The second kappa shape index (κ2) is 8.34. The number of hydrogen-bond acceptors (Lipinski definition) is 7. The van der Waals surface area contributed by atoms with Crippen molar-refractivity contribution in [2.24, 2.45) is 5.10 Å². The Morgan fingerprint density at radius 2 is 1.92 bits per heavy atom. The van der Waals surface area contributed by atoms with Gasteiger partial charge in [0.25, 0.3) is 5.95 Å². The van der Waals surface area contributed by atoms with Crippen LogP contribution in [0.1, 0.15) is 5.56 Å². The zero-order chi connectivity index (χ0) is 18.2. The van der Waals surface area contributed by atoms with E-state index in [1.165, 1.54) is 6.21 Å². The molecular weight excluding hydrogens is 334 g/mol. The number of benzene rings is 2. The summed E-state index contributed by atoms with van der Waals surface area (Å²) in [5.74, 6) is -0.392. The topological polar surface area (TPSA) is 110 Å². The van der Waals surface area contributed by atoms with Crippen molar-refractivity contribution >= 4 is 18.1 Å². The van der Waals surface area contributed by atoms with Crippen molar-refractivity contribution in [2.45, 2.75) is 0 Å². The number of hydrogen-bond donors (Lipinski definition) is 2. The van der Waals surface area contributed by atoms with Crippen LogP contribution in [0.4, 0.5) is 5.95 Å². The number of aliphatic carboxylic acids is 1. The summed E-state index contributed by atoms with van der Waals surface area (Å²) < 4.78 is 5.22. The lowest BCUT2D eigenvalue weighted by Gasteiger charge is -2.06. The van der Waals surface area contributed by atoms with E-state index >= 15 is 0 Å². The first-order valence-electron chi connectivity index (χ1n) is 7.70. The van der Waals surface area contributed by atoms with Crippen molar-refractivity contribution in [3.05, 3.63) is 66.4 Å². The molecule has 0 amide bonds. The summed E-state index contributed by atoms with van der Waals surface area (Å²) in [5.41, 5.74) is 4.92. The van der Waals surface area contributed by atoms with Gasteiger partial charge < -0.3 is 9.84 Å². The van der Waals surface area contributed by atoms with Crippen molar-refractivity contribution in [1.82, 2.24) is 15.2 Å². The Bertz CT molecular complexity index is 915. The molecular formula is C18H15N5O3. The average Bonchev–Trinajstić information content (AvgIpc) is 2.68. The highest BCUT2D eigenvalue weighted by molar-refractivity contribution is 5.84. The van der Waals surface area contributed by atoms with Gasteiger partial charge in [-0.2, -0.15) is 10.2 Å². The van der Waals surface area contributed by atoms with Gasteiger partial charge in [0.1, 0.15) is 5.75 Å². The molecule has 1 heterocycles. The predicted molar refractivity (Wildman–Crippen MR) is 96.1 cm³/mol. The third-order valence-corrected chi connectivity index (χ3v) is 3.27. The minimum absolute atomic E-state index is 0.242. The number of nitrogens with zero attached hydrogens (tertiary/aromatic N) is 4. The van der Waals surface area contributed by atoms with Crippen LogP contribution in [0.5, 0.6) is 5.75 Å². The zero-order valence-corrected chi connectivity index (χ0v) is 13.6. The van der Waals surface area contributed by atoms with Crippen LogP contribution in [0.2, 0.25) is 0 Å². The number of carboxylic acid groups (broad SMARTS) is 1. The highest BCUT2D eigenvalue weighted by Gasteiger charge is 2.04. The molecule has 3 aromatic rings. The van der Waals surface area contributed by atoms with E-state index in [1.807, 2.05) is 30.3 Å². The van der Waals surface area contributed by atoms with Crippen molar-refractivity contribution in [1.29, 1.82) is 0 Å². The van der Waals surface area contributed by atoms with E-state index in [1.54, 1.807) is 30.5 Å². The van der Waals surface area contributed by atoms with Gasteiger partial charge in [-0.1, -0.05) is 42.5 Å². The average molecular weight is 349 g/mol. The molecule has 0 saturated carbocycles. The third-order valence-electron chi connectivity index (χ3n) is 3.27. The number of nitrogens with one attached hydrogen (secondary N) is 1. The van der Waals surface area contributed by atoms with Crippen molar-refractivity contribution < 1.29 is 14.6 Å². The molecule has 0 unspecified atom stereocenters. The Balaban J connectivity index is 1.71. The Morgan fingerprint density at radius 3 is 2.73 bits per heavy atom. The van der Waals surface area contributed by atoms with Crippen LogP contribution in [0.3, 0.4) is 0 Å². The Labute approximate surface area is 149 Å². The quantitative estimate of drug-likeness (QED) is 0.498. The van der Waals surface area contributed by atoms with E-state index in [2.05, 4.69) is 25.7 Å². The number of hydrazone groups is 1. The molecule has 0 fully saturated rings. The number of carbonyl (C=O) groups is 1. The normalized spacial score (nSPS) is 10.6. The fourth-order valence-electron chi connectivity index (χ4n) is 2.12. The molecule has 0 aliphatic heterocycles. The first kappa shape index (κ1) is 17.0. The number of rotatable bonds is 7. The van der Waals surface area contributed by atoms with Crippen molar-refractivity contribution in [2.75, 3.05) is 12.0 Å². The van der Waals surface area contributed by atoms with E-state index in [0.717, 1.165) is 5.56 Å². The van der Waals surface area contributed by atoms with Gasteiger partial charge >= 0.3 is 5.97 Å². The van der Waals surface area contributed by atoms with Crippen LogP contribution in [0.15, 0.2) is 65.9 Å². The van der Waals surface area contributed by atoms with Crippen LogP contribution in [0.25, 0.3) is 11.3 Å². The van der Waals surface area contributed by atoms with Gasteiger partial charge in [0.2, 0.25) is 0 Å². The lowest BCUT2D eigenvalue weighted by molar-refractivity contribution is -0.139. The fourth-order valence-corrected chi connectivity index (χ4v) is 2.12. The molecule has 0 spiro atoms. The monoisotopic (exact) mass is 349 g/mol. The molecule has 8 heteroatoms. The van der Waals surface area contributed by atoms with Crippen molar-refractivity contribution in [3.63, 3.8) is 0 Å². The van der Waals surface area contributed by atoms with E-state index in [9.17, 15) is 4.79 Å². The number of para-hydroxylation sites is 1. The molecule has 1 aromatic heterocycles. The third kappa shape index (κ3) is 4.60. The van der Waals surface area contributed by atoms with Crippen LogP contribution in [-0.2, 0) is 4.79 Å². The summed E-state index contributed by atoms with van der Waals surface area (Å²) in [6.07, 6.45) is 3.06. The first-order valence-corrected chi connectivity index (χ1v) is 7.70. The molecule has 130 valence electrons. The number of carboxylic acids is 1. The van der Waals surface area contributed by atoms with Gasteiger partial charge in [-0.15, -0.1) is 5.10 Å². The second-order valence-electron chi connectivity index (χ2n) is 5.12. The van der Waals surface area contributed by atoms with E-state index in [4.69, 9.17) is 9.84 Å². The maximum Gasteiger partial charge on any atom is 0.341 e. The molecule has 8 nitrogen and oxygen atoms in total. The standard InChI is InChI=1S/C18H15N5O3/c24-17(25)12-26-16-9-5-4-8-14(16)10-19-22-18-21-15(11-20-23-18)13-6-2-1-3-7-13/h1-11H,12H2,(H,24,25)(H,21,22,23)/b19-10+. The molecule has 0 bridgehead atoms. The summed E-state index contributed by atoms with van der Waals surface area (Å²) in [7, 11) is 0. The first-order chi connectivity index (χ1) is 12.7. The van der Waals surface area contributed by atoms with E-state index < -0.39 is 12.6 Å². The Kier molecular flexibility index (Phi) is 5.46. The molecule has 0 aliphatic carbocycles. The van der Waals surface area contributed by atoms with Crippen LogP contribution >= 0.6 is 0 Å². The largest absolute Gasteiger partial charge is 0.481 e. The van der Waals surface area contributed by atoms with Gasteiger partial charge in [-0.05, 0) is 12.1 Å². The SMILES string of the molecule is O=C(O)COc1ccccc1/C=N/Nc1nncc(-c2ccccc2)n1. The minimum Gasteiger partial charge on any atom is -0.481 e. The van der Waals surface area contributed by atoms with E-state index in [-0.39, 0.29) is 5.95 Å². The second-order valence-corrected chi connectivity index (χ2v) is 5.12. The lowest BCUT2D eigenvalue weighted by atomic mass is 10.2. The molecule has 2 aromatic carbocycles. The summed E-state index contributed by atoms with van der Waals surface area (Å²) in [6, 6.07) is 16.6. The summed E-state index contributed by atoms with van der Waals surface area (Å²) in [6.45, 7) is -0.426. The predicted octanol–water partition coefficient (Wildman–Crippen LogP) is 2.45. The van der Waals surface area contributed by atoms with Gasteiger partial charge in [-0.25, -0.2) is 15.2 Å². The molecule has 3 rings (SSSR count).